The van der Waals surface area contributed by atoms with E-state index in [1.807, 2.05) is 19.1 Å². The minimum absolute atomic E-state index is 0.0165. The van der Waals surface area contributed by atoms with Crippen molar-refractivity contribution < 1.29 is 4.79 Å². The van der Waals surface area contributed by atoms with E-state index in [1.54, 1.807) is 0 Å². The molecular weight excluding hydrogens is 248 g/mol. The number of unbranched alkanes of at least 4 members (excludes halogenated alkanes) is 2. The predicted molar refractivity (Wildman–Crippen MR) is 85.8 cm³/mol. The molecule has 1 aromatic carbocycles. The van der Waals surface area contributed by atoms with E-state index in [0.29, 0.717) is 6.54 Å². The van der Waals surface area contributed by atoms with E-state index in [0.717, 1.165) is 24.9 Å². The van der Waals surface area contributed by atoms with Crippen LogP contribution in [0.4, 0.5) is 5.69 Å². The first-order chi connectivity index (χ1) is 9.67. The number of aryl methyl sites for hydroxylation is 1. The number of benzene rings is 1. The lowest BCUT2D eigenvalue weighted by atomic mass is 10.0. The number of carbonyl (C=O) groups is 1. The molecule has 0 aliphatic rings. The summed E-state index contributed by atoms with van der Waals surface area (Å²) in [6.07, 6.45) is 6.61. The van der Waals surface area contributed by atoms with Gasteiger partial charge < -0.3 is 11.1 Å². The fraction of sp³-hybridized carbons (Fsp3) is 0.588. The van der Waals surface area contributed by atoms with Crippen LogP contribution in [-0.4, -0.2) is 12.5 Å². The van der Waals surface area contributed by atoms with Crippen molar-refractivity contribution in [2.45, 2.75) is 52.4 Å². The topological polar surface area (TPSA) is 55.1 Å². The summed E-state index contributed by atoms with van der Waals surface area (Å²) >= 11 is 0. The Morgan fingerprint density at radius 3 is 2.50 bits per heavy atom. The van der Waals surface area contributed by atoms with Crippen molar-refractivity contribution in [3.63, 3.8) is 0 Å². The number of anilines is 1. The molecule has 1 atom stereocenters. The lowest BCUT2D eigenvalue weighted by Gasteiger charge is -2.12. The smallest absolute Gasteiger partial charge is 0.227 e. The summed E-state index contributed by atoms with van der Waals surface area (Å²) in [7, 11) is 0. The molecule has 0 aliphatic carbocycles. The van der Waals surface area contributed by atoms with Gasteiger partial charge in [-0.3, -0.25) is 4.79 Å². The van der Waals surface area contributed by atoms with E-state index >= 15 is 0 Å². The van der Waals surface area contributed by atoms with E-state index in [4.69, 9.17) is 5.73 Å². The molecular formula is C17H28N2O. The molecule has 1 aromatic rings. The molecule has 1 rings (SSSR count). The van der Waals surface area contributed by atoms with Crippen LogP contribution < -0.4 is 11.1 Å². The van der Waals surface area contributed by atoms with Crippen LogP contribution in [0.15, 0.2) is 24.3 Å². The highest BCUT2D eigenvalue weighted by molar-refractivity contribution is 5.92. The van der Waals surface area contributed by atoms with Crippen LogP contribution in [0.25, 0.3) is 0 Å². The molecule has 1 amide bonds. The first-order valence-electron chi connectivity index (χ1n) is 7.77. The van der Waals surface area contributed by atoms with Crippen molar-refractivity contribution in [3.8, 4) is 0 Å². The van der Waals surface area contributed by atoms with Crippen LogP contribution in [-0.2, 0) is 11.2 Å². The van der Waals surface area contributed by atoms with E-state index < -0.39 is 0 Å². The first kappa shape index (κ1) is 16.7. The molecule has 3 nitrogen and oxygen atoms in total. The number of nitrogens with one attached hydrogen (secondary N) is 1. The Hall–Kier alpha value is -1.35. The standard InChI is InChI=1S/C17H28N2O/c1-3-4-5-8-15-9-11-16(12-10-15)19-17(20)14(2)7-6-13-18/h9-12,14H,3-8,13,18H2,1-2H3,(H,19,20). The van der Waals surface area contributed by atoms with Gasteiger partial charge in [-0.25, -0.2) is 0 Å². The van der Waals surface area contributed by atoms with E-state index in [-0.39, 0.29) is 11.8 Å². The van der Waals surface area contributed by atoms with Gasteiger partial charge in [0.05, 0.1) is 0 Å². The molecule has 0 radical (unpaired) electrons. The van der Waals surface area contributed by atoms with E-state index in [9.17, 15) is 4.79 Å². The second-order valence-electron chi connectivity index (χ2n) is 5.48. The Morgan fingerprint density at radius 2 is 1.90 bits per heavy atom. The zero-order valence-corrected chi connectivity index (χ0v) is 12.8. The summed E-state index contributed by atoms with van der Waals surface area (Å²) < 4.78 is 0. The highest BCUT2D eigenvalue weighted by atomic mass is 16.1. The third-order valence-corrected chi connectivity index (χ3v) is 3.58. The molecule has 112 valence electrons. The zero-order chi connectivity index (χ0) is 14.8. The Balaban J connectivity index is 2.42. The summed E-state index contributed by atoms with van der Waals surface area (Å²) in [5.74, 6) is 0.0972. The molecule has 1 unspecified atom stereocenters. The molecule has 0 heterocycles. The van der Waals surface area contributed by atoms with Gasteiger partial charge in [0.2, 0.25) is 5.91 Å². The average Bonchev–Trinajstić information content (AvgIpc) is 2.46. The van der Waals surface area contributed by atoms with Gasteiger partial charge in [-0.05, 0) is 49.9 Å². The minimum Gasteiger partial charge on any atom is -0.330 e. The highest BCUT2D eigenvalue weighted by Gasteiger charge is 2.12. The van der Waals surface area contributed by atoms with Crippen molar-refractivity contribution in [3.05, 3.63) is 29.8 Å². The fourth-order valence-electron chi connectivity index (χ4n) is 2.15. The molecule has 0 fully saturated rings. The van der Waals surface area contributed by atoms with Crippen molar-refractivity contribution in [2.75, 3.05) is 11.9 Å². The molecule has 0 saturated heterocycles. The molecule has 0 bridgehead atoms. The number of rotatable bonds is 9. The van der Waals surface area contributed by atoms with Crippen LogP contribution in [0.3, 0.4) is 0 Å². The number of carbonyl (C=O) groups excluding carboxylic acids is 1. The third-order valence-electron chi connectivity index (χ3n) is 3.58. The van der Waals surface area contributed by atoms with Crippen LogP contribution in [0.1, 0.15) is 51.5 Å². The summed E-state index contributed by atoms with van der Waals surface area (Å²) in [6, 6.07) is 8.20. The summed E-state index contributed by atoms with van der Waals surface area (Å²) in [5, 5.41) is 2.97. The Bertz CT molecular complexity index is 386. The Kier molecular flexibility index (Phi) is 7.97. The molecule has 0 spiro atoms. The van der Waals surface area contributed by atoms with Gasteiger partial charge in [0.1, 0.15) is 0 Å². The Morgan fingerprint density at radius 1 is 1.20 bits per heavy atom. The SMILES string of the molecule is CCCCCc1ccc(NC(=O)C(C)CCCN)cc1. The summed E-state index contributed by atoms with van der Waals surface area (Å²) in [5.41, 5.74) is 7.69. The number of hydrogen-bond acceptors (Lipinski definition) is 2. The van der Waals surface area contributed by atoms with Gasteiger partial charge in [-0.1, -0.05) is 38.8 Å². The number of amides is 1. The van der Waals surface area contributed by atoms with E-state index in [1.165, 1.54) is 24.8 Å². The van der Waals surface area contributed by atoms with Crippen molar-refractivity contribution in [1.29, 1.82) is 0 Å². The number of nitrogens with two attached hydrogens (primary N) is 1. The van der Waals surface area contributed by atoms with E-state index in [2.05, 4.69) is 24.4 Å². The largest absolute Gasteiger partial charge is 0.330 e. The maximum absolute atomic E-state index is 12.0. The van der Waals surface area contributed by atoms with Gasteiger partial charge in [0.25, 0.3) is 0 Å². The Labute approximate surface area is 122 Å². The molecule has 0 aromatic heterocycles. The summed E-state index contributed by atoms with van der Waals surface area (Å²) in [4.78, 5) is 12.0. The van der Waals surface area contributed by atoms with Crippen LogP contribution in [0, 0.1) is 5.92 Å². The van der Waals surface area contributed by atoms with Gasteiger partial charge in [0.15, 0.2) is 0 Å². The maximum Gasteiger partial charge on any atom is 0.227 e. The monoisotopic (exact) mass is 276 g/mol. The third kappa shape index (κ3) is 6.20. The van der Waals surface area contributed by atoms with Gasteiger partial charge in [0, 0.05) is 11.6 Å². The average molecular weight is 276 g/mol. The summed E-state index contributed by atoms with van der Waals surface area (Å²) in [6.45, 7) is 4.80. The lowest BCUT2D eigenvalue weighted by molar-refractivity contribution is -0.119. The maximum atomic E-state index is 12.0. The van der Waals surface area contributed by atoms with Crippen LogP contribution in [0.5, 0.6) is 0 Å². The molecule has 3 heteroatoms. The fourth-order valence-corrected chi connectivity index (χ4v) is 2.15. The van der Waals surface area contributed by atoms with Crippen LogP contribution in [0.2, 0.25) is 0 Å². The molecule has 0 saturated carbocycles. The van der Waals surface area contributed by atoms with Crippen molar-refractivity contribution in [2.24, 2.45) is 11.7 Å². The predicted octanol–water partition coefficient (Wildman–Crippen LogP) is 3.73. The van der Waals surface area contributed by atoms with Gasteiger partial charge >= 0.3 is 0 Å². The lowest BCUT2D eigenvalue weighted by Crippen LogP contribution is -2.21. The second-order valence-corrected chi connectivity index (χ2v) is 5.48. The number of hydrogen-bond donors (Lipinski definition) is 2. The quantitative estimate of drug-likeness (QED) is 0.675. The molecule has 0 aliphatic heterocycles. The highest BCUT2D eigenvalue weighted by Crippen LogP contribution is 2.14. The van der Waals surface area contributed by atoms with Gasteiger partial charge in [-0.15, -0.1) is 0 Å². The van der Waals surface area contributed by atoms with Crippen molar-refractivity contribution >= 4 is 11.6 Å². The molecule has 3 N–H and O–H groups in total. The normalized spacial score (nSPS) is 12.2. The minimum atomic E-state index is 0.0165. The zero-order valence-electron chi connectivity index (χ0n) is 12.8. The van der Waals surface area contributed by atoms with Crippen LogP contribution >= 0.6 is 0 Å². The second kappa shape index (κ2) is 9.54. The van der Waals surface area contributed by atoms with Gasteiger partial charge in [-0.2, -0.15) is 0 Å². The first-order valence-corrected chi connectivity index (χ1v) is 7.77. The molecule has 20 heavy (non-hydrogen) atoms. The van der Waals surface area contributed by atoms with Crippen molar-refractivity contribution in [1.82, 2.24) is 0 Å².